The minimum Gasteiger partial charge on any atom is -0.343 e. The van der Waals surface area contributed by atoms with Gasteiger partial charge >= 0.3 is 0 Å². The molecule has 0 unspecified atom stereocenters. The van der Waals surface area contributed by atoms with Crippen molar-refractivity contribution < 1.29 is 4.52 Å². The van der Waals surface area contributed by atoms with Crippen molar-refractivity contribution in [3.8, 4) is 0 Å². The summed E-state index contributed by atoms with van der Waals surface area (Å²) in [6, 6.07) is 8.64. The van der Waals surface area contributed by atoms with Crippen molar-refractivity contribution in [3.05, 3.63) is 48.2 Å². The Balaban J connectivity index is 1.85. The molecule has 0 amide bonds. The first kappa shape index (κ1) is 13.8. The van der Waals surface area contributed by atoms with Gasteiger partial charge in [0.05, 0.1) is 6.54 Å². The number of nitrogens with zero attached hydrogens (tertiary/aromatic N) is 3. The number of hydrogen-bond acceptors (Lipinski definition) is 4. The molecule has 0 atom stereocenters. The number of rotatable bonds is 4. The van der Waals surface area contributed by atoms with Gasteiger partial charge in [0, 0.05) is 23.8 Å². The second kappa shape index (κ2) is 5.33. The molecular weight excluding hydrogens is 264 g/mol. The Hall–Kier alpha value is -2.14. The summed E-state index contributed by atoms with van der Waals surface area (Å²) in [7, 11) is 0. The van der Waals surface area contributed by atoms with Gasteiger partial charge in [-0.05, 0) is 43.9 Å². The third-order valence-corrected chi connectivity index (χ3v) is 3.38. The van der Waals surface area contributed by atoms with Gasteiger partial charge in [0.2, 0.25) is 6.39 Å². The Labute approximate surface area is 124 Å². The van der Waals surface area contributed by atoms with Crippen molar-refractivity contribution in [1.82, 2.24) is 20.0 Å². The van der Waals surface area contributed by atoms with Crippen LogP contribution in [0.5, 0.6) is 0 Å². The summed E-state index contributed by atoms with van der Waals surface area (Å²) in [5.74, 6) is 0.686. The molecule has 0 radical (unpaired) electrons. The Morgan fingerprint density at radius 3 is 2.81 bits per heavy atom. The van der Waals surface area contributed by atoms with E-state index < -0.39 is 0 Å². The number of hydrogen-bond donors (Lipinski definition) is 1. The second-order valence-corrected chi connectivity index (χ2v) is 6.29. The van der Waals surface area contributed by atoms with E-state index in [2.05, 4.69) is 71.3 Å². The zero-order valence-corrected chi connectivity index (χ0v) is 12.6. The summed E-state index contributed by atoms with van der Waals surface area (Å²) < 4.78 is 6.93. The van der Waals surface area contributed by atoms with Crippen molar-refractivity contribution in [2.24, 2.45) is 0 Å². The molecular formula is C16H20N4O. The predicted octanol–water partition coefficient (Wildman–Crippen LogP) is 2.96. The highest BCUT2D eigenvalue weighted by Crippen LogP contribution is 2.19. The van der Waals surface area contributed by atoms with Crippen LogP contribution in [0.2, 0.25) is 0 Å². The molecule has 0 bridgehead atoms. The molecule has 21 heavy (non-hydrogen) atoms. The van der Waals surface area contributed by atoms with E-state index in [4.69, 9.17) is 4.52 Å². The molecule has 0 saturated heterocycles. The third-order valence-electron chi connectivity index (χ3n) is 3.38. The van der Waals surface area contributed by atoms with Crippen LogP contribution in [0.3, 0.4) is 0 Å². The minimum atomic E-state index is 0.113. The maximum Gasteiger partial charge on any atom is 0.213 e. The van der Waals surface area contributed by atoms with E-state index in [0.717, 1.165) is 6.54 Å². The van der Waals surface area contributed by atoms with Crippen molar-refractivity contribution in [1.29, 1.82) is 0 Å². The summed E-state index contributed by atoms with van der Waals surface area (Å²) >= 11 is 0. The SMILES string of the molecule is CC(C)(C)NCc1ccc2ccn(Cc3ncon3)c2c1. The highest BCUT2D eigenvalue weighted by molar-refractivity contribution is 5.80. The zero-order valence-electron chi connectivity index (χ0n) is 12.6. The predicted molar refractivity (Wildman–Crippen MR) is 81.9 cm³/mol. The van der Waals surface area contributed by atoms with E-state index in [-0.39, 0.29) is 5.54 Å². The molecule has 0 aliphatic heterocycles. The van der Waals surface area contributed by atoms with Gasteiger partial charge < -0.3 is 14.4 Å². The fourth-order valence-corrected chi connectivity index (χ4v) is 2.26. The molecule has 3 rings (SSSR count). The van der Waals surface area contributed by atoms with Gasteiger partial charge in [0.15, 0.2) is 5.82 Å². The molecule has 0 aliphatic carbocycles. The lowest BCUT2D eigenvalue weighted by Gasteiger charge is -2.20. The number of benzene rings is 1. The van der Waals surface area contributed by atoms with E-state index in [0.29, 0.717) is 12.4 Å². The van der Waals surface area contributed by atoms with E-state index in [1.54, 1.807) is 0 Å². The Kier molecular flexibility index (Phi) is 3.51. The maximum absolute atomic E-state index is 4.79. The smallest absolute Gasteiger partial charge is 0.213 e. The van der Waals surface area contributed by atoms with Gasteiger partial charge in [0.1, 0.15) is 0 Å². The van der Waals surface area contributed by atoms with E-state index in [1.807, 2.05) is 0 Å². The Morgan fingerprint density at radius 1 is 1.24 bits per heavy atom. The fraction of sp³-hybridized carbons (Fsp3) is 0.375. The van der Waals surface area contributed by atoms with Crippen molar-refractivity contribution >= 4 is 10.9 Å². The number of nitrogens with one attached hydrogen (secondary N) is 1. The van der Waals surface area contributed by atoms with Gasteiger partial charge in [0.25, 0.3) is 0 Å². The van der Waals surface area contributed by atoms with Crippen LogP contribution in [0.1, 0.15) is 32.2 Å². The van der Waals surface area contributed by atoms with Crippen molar-refractivity contribution in [2.45, 2.75) is 39.4 Å². The van der Waals surface area contributed by atoms with Crippen LogP contribution in [0.15, 0.2) is 41.4 Å². The number of aromatic nitrogens is 3. The molecule has 0 aliphatic rings. The van der Waals surface area contributed by atoms with Gasteiger partial charge in [-0.3, -0.25) is 0 Å². The van der Waals surface area contributed by atoms with Gasteiger partial charge in [-0.15, -0.1) is 0 Å². The number of fused-ring (bicyclic) bond motifs is 1. The molecule has 2 heterocycles. The monoisotopic (exact) mass is 284 g/mol. The Bertz CT molecular complexity index is 722. The van der Waals surface area contributed by atoms with Crippen LogP contribution in [0, 0.1) is 0 Å². The van der Waals surface area contributed by atoms with E-state index in [1.165, 1.54) is 22.9 Å². The fourth-order valence-electron chi connectivity index (χ4n) is 2.26. The van der Waals surface area contributed by atoms with E-state index in [9.17, 15) is 0 Å². The molecule has 0 spiro atoms. The molecule has 5 nitrogen and oxygen atoms in total. The maximum atomic E-state index is 4.79. The molecule has 1 aromatic carbocycles. The largest absolute Gasteiger partial charge is 0.343 e. The lowest BCUT2D eigenvalue weighted by molar-refractivity contribution is 0.408. The highest BCUT2D eigenvalue weighted by atomic mass is 16.5. The molecule has 110 valence electrons. The summed E-state index contributed by atoms with van der Waals surface area (Å²) in [4.78, 5) is 4.08. The highest BCUT2D eigenvalue weighted by Gasteiger charge is 2.10. The average molecular weight is 284 g/mol. The second-order valence-electron chi connectivity index (χ2n) is 6.29. The summed E-state index contributed by atoms with van der Waals surface area (Å²) in [5.41, 5.74) is 2.57. The molecule has 5 heteroatoms. The van der Waals surface area contributed by atoms with Crippen LogP contribution in [-0.2, 0) is 13.1 Å². The first-order chi connectivity index (χ1) is 10.0. The molecule has 2 aromatic heterocycles. The molecule has 0 saturated carbocycles. The first-order valence-electron chi connectivity index (χ1n) is 7.09. The Morgan fingerprint density at radius 2 is 2.10 bits per heavy atom. The van der Waals surface area contributed by atoms with Crippen LogP contribution in [-0.4, -0.2) is 20.2 Å². The van der Waals surface area contributed by atoms with Crippen LogP contribution < -0.4 is 5.32 Å². The summed E-state index contributed by atoms with van der Waals surface area (Å²) in [6.07, 6.45) is 3.42. The normalized spacial score (nSPS) is 12.1. The topological polar surface area (TPSA) is 55.9 Å². The standard InChI is InChI=1S/C16H20N4O/c1-16(2,3)18-9-12-4-5-13-6-7-20(14(13)8-12)10-15-17-11-21-19-15/h4-8,11,18H,9-10H2,1-3H3. The quantitative estimate of drug-likeness (QED) is 0.800. The average Bonchev–Trinajstić information content (AvgIpc) is 3.06. The van der Waals surface area contributed by atoms with Crippen molar-refractivity contribution in [2.75, 3.05) is 0 Å². The lowest BCUT2D eigenvalue weighted by Crippen LogP contribution is -2.35. The first-order valence-corrected chi connectivity index (χ1v) is 7.09. The van der Waals surface area contributed by atoms with Gasteiger partial charge in [-0.1, -0.05) is 17.3 Å². The van der Waals surface area contributed by atoms with Crippen LogP contribution in [0.4, 0.5) is 0 Å². The van der Waals surface area contributed by atoms with Crippen LogP contribution in [0.25, 0.3) is 10.9 Å². The van der Waals surface area contributed by atoms with Gasteiger partial charge in [-0.2, -0.15) is 4.98 Å². The molecule has 3 aromatic rings. The summed E-state index contributed by atoms with van der Waals surface area (Å²) in [6.45, 7) is 7.99. The van der Waals surface area contributed by atoms with Crippen molar-refractivity contribution in [3.63, 3.8) is 0 Å². The lowest BCUT2D eigenvalue weighted by atomic mass is 10.1. The minimum absolute atomic E-state index is 0.113. The van der Waals surface area contributed by atoms with Gasteiger partial charge in [-0.25, -0.2) is 0 Å². The molecule has 1 N–H and O–H groups in total. The van der Waals surface area contributed by atoms with E-state index >= 15 is 0 Å². The third kappa shape index (κ3) is 3.31. The van der Waals surface area contributed by atoms with Crippen LogP contribution >= 0.6 is 0 Å². The zero-order chi connectivity index (χ0) is 14.9. The molecule has 0 fully saturated rings. The summed E-state index contributed by atoms with van der Waals surface area (Å²) in [5, 5.41) is 8.60.